The van der Waals surface area contributed by atoms with Gasteiger partial charge in [-0.2, -0.15) is 0 Å². The Hall–Kier alpha value is -1.83. The van der Waals surface area contributed by atoms with Gasteiger partial charge in [0.15, 0.2) is 6.61 Å². The summed E-state index contributed by atoms with van der Waals surface area (Å²) in [6.45, 7) is 3.67. The molecule has 0 heterocycles. The number of carboxylic acids is 1. The summed E-state index contributed by atoms with van der Waals surface area (Å²) in [7, 11) is 1.40. The van der Waals surface area contributed by atoms with Gasteiger partial charge in [-0.1, -0.05) is 13.8 Å². The fraction of sp³-hybridized carbons (Fsp3) is 0.700. The van der Waals surface area contributed by atoms with E-state index in [0.29, 0.717) is 12.5 Å². The Kier molecular flexibility index (Phi) is 7.45. The van der Waals surface area contributed by atoms with Crippen LogP contribution in [0.3, 0.4) is 0 Å². The molecule has 0 unspecified atom stereocenters. The number of carbonyl (C=O) groups is 3. The smallest absolute Gasteiger partial charge is 0.341 e. The molecule has 0 atom stereocenters. The maximum atomic E-state index is 11.4. The second kappa shape index (κ2) is 8.29. The number of likely N-dealkylation sites (N-methyl/N-ethyl adjacent to an activating group) is 1. The molecule has 0 saturated carbocycles. The van der Waals surface area contributed by atoms with Crippen molar-refractivity contribution in [1.82, 2.24) is 15.7 Å². The van der Waals surface area contributed by atoms with E-state index in [-0.39, 0.29) is 12.5 Å². The van der Waals surface area contributed by atoms with Crippen molar-refractivity contribution in [3.63, 3.8) is 0 Å². The van der Waals surface area contributed by atoms with E-state index in [9.17, 15) is 14.4 Å². The van der Waals surface area contributed by atoms with Crippen LogP contribution >= 0.6 is 0 Å². The van der Waals surface area contributed by atoms with E-state index < -0.39 is 18.6 Å². The van der Waals surface area contributed by atoms with Crippen molar-refractivity contribution < 1.29 is 24.3 Å². The number of carbonyl (C=O) groups excluding carboxylic acids is 2. The molecule has 0 spiro atoms. The number of hydroxylamine groups is 1. The second-order valence-electron chi connectivity index (χ2n) is 4.14. The molecule has 0 rings (SSSR count). The highest BCUT2D eigenvalue weighted by Crippen LogP contribution is 1.89. The third-order valence-electron chi connectivity index (χ3n) is 1.79. The fourth-order valence-electron chi connectivity index (χ4n) is 0.899. The van der Waals surface area contributed by atoms with Crippen LogP contribution in [0.5, 0.6) is 0 Å². The molecule has 0 saturated heterocycles. The van der Waals surface area contributed by atoms with E-state index in [0.717, 1.165) is 4.90 Å². The molecule has 3 amide bonds. The van der Waals surface area contributed by atoms with E-state index in [1.54, 1.807) is 0 Å². The van der Waals surface area contributed by atoms with E-state index in [4.69, 9.17) is 5.11 Å². The first-order chi connectivity index (χ1) is 8.32. The number of carboxylic acid groups (broad SMARTS) is 1. The third-order valence-corrected chi connectivity index (χ3v) is 1.79. The van der Waals surface area contributed by atoms with Crippen molar-refractivity contribution in [1.29, 1.82) is 0 Å². The van der Waals surface area contributed by atoms with Crippen LogP contribution in [0.4, 0.5) is 4.79 Å². The predicted octanol–water partition coefficient (Wildman–Crippen LogP) is -0.584. The van der Waals surface area contributed by atoms with E-state index in [1.807, 2.05) is 19.3 Å². The number of hydrogen-bond donors (Lipinski definition) is 3. The van der Waals surface area contributed by atoms with Crippen molar-refractivity contribution in [3.8, 4) is 0 Å². The standard InChI is InChI=1S/C10H19N3O5/c1-7(2)4-11-8(14)5-13(3)10(17)12-18-6-9(15)16/h7H,4-6H2,1-3H3,(H,11,14)(H,12,17)(H,15,16). The molecule has 0 aliphatic rings. The van der Waals surface area contributed by atoms with Crippen molar-refractivity contribution in [2.45, 2.75) is 13.8 Å². The first kappa shape index (κ1) is 16.2. The summed E-state index contributed by atoms with van der Waals surface area (Å²) in [5.74, 6) is -1.17. The van der Waals surface area contributed by atoms with Gasteiger partial charge in [-0.3, -0.25) is 9.63 Å². The van der Waals surface area contributed by atoms with E-state index >= 15 is 0 Å². The largest absolute Gasteiger partial charge is 0.479 e. The lowest BCUT2D eigenvalue weighted by Gasteiger charge is -2.17. The molecule has 3 N–H and O–H groups in total. The summed E-state index contributed by atoms with van der Waals surface area (Å²) in [6.07, 6.45) is 0. The first-order valence-electron chi connectivity index (χ1n) is 5.44. The Morgan fingerprint density at radius 3 is 2.44 bits per heavy atom. The normalized spacial score (nSPS) is 10.0. The number of nitrogens with zero attached hydrogens (tertiary/aromatic N) is 1. The minimum absolute atomic E-state index is 0.130. The van der Waals surface area contributed by atoms with Gasteiger partial charge in [-0.15, -0.1) is 0 Å². The highest BCUT2D eigenvalue weighted by Gasteiger charge is 2.13. The maximum absolute atomic E-state index is 11.4. The molecule has 8 heteroatoms. The average molecular weight is 261 g/mol. The van der Waals surface area contributed by atoms with Gasteiger partial charge < -0.3 is 15.3 Å². The van der Waals surface area contributed by atoms with E-state index in [1.165, 1.54) is 7.05 Å². The van der Waals surface area contributed by atoms with Gasteiger partial charge >= 0.3 is 12.0 Å². The van der Waals surface area contributed by atoms with Crippen molar-refractivity contribution in [2.75, 3.05) is 26.7 Å². The molecule has 0 aromatic carbocycles. The fourth-order valence-corrected chi connectivity index (χ4v) is 0.899. The van der Waals surface area contributed by atoms with Crippen LogP contribution in [-0.4, -0.2) is 54.7 Å². The molecule has 0 aromatic rings. The molecule has 104 valence electrons. The van der Waals surface area contributed by atoms with Gasteiger partial charge in [0.1, 0.15) is 6.54 Å². The highest BCUT2D eigenvalue weighted by atomic mass is 16.7. The SMILES string of the molecule is CC(C)CNC(=O)CN(C)C(=O)NOCC(=O)O. The van der Waals surface area contributed by atoms with Crippen LogP contribution < -0.4 is 10.8 Å². The summed E-state index contributed by atoms with van der Waals surface area (Å²) in [4.78, 5) is 38.3. The quantitative estimate of drug-likeness (QED) is 0.531. The Balaban J connectivity index is 3.85. The van der Waals surface area contributed by atoms with Crippen molar-refractivity contribution in [3.05, 3.63) is 0 Å². The number of aliphatic carboxylic acids is 1. The molecule has 8 nitrogen and oxygen atoms in total. The molecule has 0 radical (unpaired) electrons. The summed E-state index contributed by atoms with van der Waals surface area (Å²) < 4.78 is 0. The second-order valence-corrected chi connectivity index (χ2v) is 4.14. The molecular weight excluding hydrogens is 242 g/mol. The van der Waals surface area contributed by atoms with Gasteiger partial charge in [0.2, 0.25) is 5.91 Å². The minimum atomic E-state index is -1.20. The maximum Gasteiger partial charge on any atom is 0.341 e. The molecule has 0 aromatic heterocycles. The van der Waals surface area contributed by atoms with Crippen LogP contribution in [0.1, 0.15) is 13.8 Å². The summed E-state index contributed by atoms with van der Waals surface area (Å²) in [6, 6.07) is -0.684. The zero-order valence-corrected chi connectivity index (χ0v) is 10.7. The molecule has 18 heavy (non-hydrogen) atoms. The van der Waals surface area contributed by atoms with Crippen molar-refractivity contribution >= 4 is 17.9 Å². The monoisotopic (exact) mass is 261 g/mol. The third kappa shape index (κ3) is 8.34. The zero-order chi connectivity index (χ0) is 14.1. The van der Waals surface area contributed by atoms with Gasteiger partial charge in [0.05, 0.1) is 0 Å². The topological polar surface area (TPSA) is 108 Å². The molecule has 0 aliphatic carbocycles. The summed E-state index contributed by atoms with van der Waals surface area (Å²) in [5.41, 5.74) is 1.91. The average Bonchev–Trinajstić information content (AvgIpc) is 2.25. The number of urea groups is 1. The van der Waals surface area contributed by atoms with Crippen molar-refractivity contribution in [2.24, 2.45) is 5.92 Å². The van der Waals surface area contributed by atoms with Gasteiger partial charge in [0.25, 0.3) is 0 Å². The summed E-state index contributed by atoms with van der Waals surface area (Å²) in [5, 5.41) is 10.9. The van der Waals surface area contributed by atoms with Gasteiger partial charge in [-0.05, 0) is 5.92 Å². The molecule has 0 aliphatic heterocycles. The van der Waals surface area contributed by atoms with Crippen LogP contribution in [0.15, 0.2) is 0 Å². The number of nitrogens with one attached hydrogen (secondary N) is 2. The van der Waals surface area contributed by atoms with E-state index in [2.05, 4.69) is 10.2 Å². The Labute approximate surface area is 105 Å². The van der Waals surface area contributed by atoms with Gasteiger partial charge in [0, 0.05) is 13.6 Å². The predicted molar refractivity (Wildman–Crippen MR) is 62.6 cm³/mol. The van der Waals surface area contributed by atoms with Crippen LogP contribution in [0.25, 0.3) is 0 Å². The Bertz CT molecular complexity index is 306. The summed E-state index contributed by atoms with van der Waals surface area (Å²) >= 11 is 0. The number of rotatable bonds is 7. The number of hydrogen-bond acceptors (Lipinski definition) is 4. The highest BCUT2D eigenvalue weighted by molar-refractivity contribution is 5.83. The molecular formula is C10H19N3O5. The lowest BCUT2D eigenvalue weighted by atomic mass is 10.2. The zero-order valence-electron chi connectivity index (χ0n) is 10.7. The molecule has 0 fully saturated rings. The number of amides is 3. The lowest BCUT2D eigenvalue weighted by molar-refractivity contribution is -0.144. The van der Waals surface area contributed by atoms with Gasteiger partial charge in [-0.25, -0.2) is 15.1 Å². The first-order valence-corrected chi connectivity index (χ1v) is 5.44. The minimum Gasteiger partial charge on any atom is -0.479 e. The van der Waals surface area contributed by atoms with Crippen LogP contribution in [0, 0.1) is 5.92 Å². The lowest BCUT2D eigenvalue weighted by Crippen LogP contribution is -2.44. The Morgan fingerprint density at radius 2 is 1.94 bits per heavy atom. The van der Waals surface area contributed by atoms with Crippen LogP contribution in [0.2, 0.25) is 0 Å². The Morgan fingerprint density at radius 1 is 1.33 bits per heavy atom. The molecule has 0 bridgehead atoms. The van der Waals surface area contributed by atoms with Crippen LogP contribution in [-0.2, 0) is 14.4 Å².